The van der Waals surface area contributed by atoms with E-state index in [2.05, 4.69) is 29.4 Å². The molecule has 0 radical (unpaired) electrons. The van der Waals surface area contributed by atoms with Crippen LogP contribution in [0, 0.1) is 5.92 Å². The van der Waals surface area contributed by atoms with E-state index in [-0.39, 0.29) is 0 Å². The van der Waals surface area contributed by atoms with Crippen LogP contribution in [0.25, 0.3) is 5.57 Å². The minimum atomic E-state index is 0.629. The zero-order valence-electron chi connectivity index (χ0n) is 7.83. The second kappa shape index (κ2) is 3.71. The van der Waals surface area contributed by atoms with Crippen LogP contribution in [0.15, 0.2) is 30.6 Å². The average molecular weight is 174 g/mol. The third-order valence-electron chi connectivity index (χ3n) is 2.30. The number of aromatic nitrogens is 1. The minimum Gasteiger partial charge on any atom is -0.312 e. The Kier molecular flexibility index (Phi) is 2.41. The lowest BCUT2D eigenvalue weighted by atomic mass is 9.99. The van der Waals surface area contributed by atoms with E-state index in [1.165, 1.54) is 11.1 Å². The molecule has 1 aromatic rings. The maximum absolute atomic E-state index is 4.12. The van der Waals surface area contributed by atoms with E-state index in [4.69, 9.17) is 0 Å². The monoisotopic (exact) mass is 174 g/mol. The molecule has 0 amide bonds. The van der Waals surface area contributed by atoms with Gasteiger partial charge in [0.1, 0.15) is 0 Å². The highest BCUT2D eigenvalue weighted by atomic mass is 14.9. The number of rotatable bonds is 1. The van der Waals surface area contributed by atoms with Crippen LogP contribution in [0.5, 0.6) is 0 Å². The zero-order valence-corrected chi connectivity index (χ0v) is 7.83. The molecule has 0 aliphatic carbocycles. The Balaban J connectivity index is 2.26. The maximum atomic E-state index is 4.12. The van der Waals surface area contributed by atoms with Crippen LogP contribution in [0.2, 0.25) is 0 Å². The number of pyridine rings is 1. The van der Waals surface area contributed by atoms with Crippen LogP contribution < -0.4 is 5.32 Å². The van der Waals surface area contributed by atoms with Gasteiger partial charge in [-0.1, -0.05) is 19.1 Å². The molecule has 1 aromatic heterocycles. The lowest BCUT2D eigenvalue weighted by Crippen LogP contribution is -2.27. The van der Waals surface area contributed by atoms with Crippen molar-refractivity contribution in [2.75, 3.05) is 13.1 Å². The van der Waals surface area contributed by atoms with Gasteiger partial charge in [-0.3, -0.25) is 4.98 Å². The smallest absolute Gasteiger partial charge is 0.0343 e. The molecule has 0 saturated heterocycles. The van der Waals surface area contributed by atoms with E-state index in [9.17, 15) is 0 Å². The molecule has 0 saturated carbocycles. The van der Waals surface area contributed by atoms with E-state index < -0.39 is 0 Å². The number of nitrogens with one attached hydrogen (secondary N) is 1. The zero-order chi connectivity index (χ0) is 9.10. The third-order valence-corrected chi connectivity index (χ3v) is 2.30. The molecule has 2 rings (SSSR count). The molecule has 1 N–H and O–H groups in total. The first-order chi connectivity index (χ1) is 6.36. The van der Waals surface area contributed by atoms with E-state index in [0.29, 0.717) is 5.92 Å². The van der Waals surface area contributed by atoms with Crippen molar-refractivity contribution < 1.29 is 0 Å². The molecule has 0 fully saturated rings. The molecular formula is C11H14N2. The molecule has 0 bridgehead atoms. The van der Waals surface area contributed by atoms with Crippen LogP contribution in [0.4, 0.5) is 0 Å². The van der Waals surface area contributed by atoms with E-state index >= 15 is 0 Å². The van der Waals surface area contributed by atoms with Gasteiger partial charge in [0.25, 0.3) is 0 Å². The third kappa shape index (κ3) is 1.95. The molecule has 2 nitrogen and oxygen atoms in total. The van der Waals surface area contributed by atoms with Gasteiger partial charge < -0.3 is 5.32 Å². The van der Waals surface area contributed by atoms with Crippen molar-refractivity contribution in [1.29, 1.82) is 0 Å². The molecule has 2 heterocycles. The highest BCUT2D eigenvalue weighted by molar-refractivity contribution is 5.67. The molecule has 1 aliphatic heterocycles. The number of hydrogen-bond acceptors (Lipinski definition) is 2. The summed E-state index contributed by atoms with van der Waals surface area (Å²) in [5.74, 6) is 0.629. The van der Waals surface area contributed by atoms with Crippen molar-refractivity contribution in [2.24, 2.45) is 5.92 Å². The standard InChI is InChI=1S/C11H14N2/c1-9-5-11(8-13-6-9)10-3-2-4-12-7-10/h2-5,7,9,13H,6,8H2,1H3. The largest absolute Gasteiger partial charge is 0.312 e. The van der Waals surface area contributed by atoms with Crippen molar-refractivity contribution in [3.63, 3.8) is 0 Å². The highest BCUT2D eigenvalue weighted by Crippen LogP contribution is 2.17. The van der Waals surface area contributed by atoms with Crippen molar-refractivity contribution >= 4 is 5.57 Å². The summed E-state index contributed by atoms with van der Waals surface area (Å²) in [5.41, 5.74) is 2.61. The summed E-state index contributed by atoms with van der Waals surface area (Å²) in [5, 5.41) is 3.39. The number of nitrogens with zero attached hydrogens (tertiary/aromatic N) is 1. The summed E-state index contributed by atoms with van der Waals surface area (Å²) in [6.07, 6.45) is 6.06. The molecule has 0 aromatic carbocycles. The predicted octanol–water partition coefficient (Wildman–Crippen LogP) is 1.70. The molecule has 1 aliphatic rings. The van der Waals surface area contributed by atoms with Crippen LogP contribution in [-0.4, -0.2) is 18.1 Å². The van der Waals surface area contributed by atoms with Crippen LogP contribution >= 0.6 is 0 Å². The van der Waals surface area contributed by atoms with Crippen LogP contribution in [0.1, 0.15) is 12.5 Å². The Hall–Kier alpha value is -1.15. The fraction of sp³-hybridized carbons (Fsp3) is 0.364. The van der Waals surface area contributed by atoms with Crippen molar-refractivity contribution in [3.8, 4) is 0 Å². The Morgan fingerprint density at radius 2 is 2.46 bits per heavy atom. The van der Waals surface area contributed by atoms with Gasteiger partial charge >= 0.3 is 0 Å². The van der Waals surface area contributed by atoms with Crippen molar-refractivity contribution in [1.82, 2.24) is 10.3 Å². The Labute approximate surface area is 78.7 Å². The Bertz CT molecular complexity index is 303. The summed E-state index contributed by atoms with van der Waals surface area (Å²) in [7, 11) is 0. The van der Waals surface area contributed by atoms with E-state index in [1.807, 2.05) is 18.5 Å². The number of hydrogen-bond donors (Lipinski definition) is 1. The normalized spacial score (nSPS) is 22.5. The second-order valence-corrected chi connectivity index (χ2v) is 3.54. The van der Waals surface area contributed by atoms with Gasteiger partial charge in [0.05, 0.1) is 0 Å². The van der Waals surface area contributed by atoms with Gasteiger partial charge in [-0.05, 0) is 23.1 Å². The molecule has 1 atom stereocenters. The van der Waals surface area contributed by atoms with Crippen molar-refractivity contribution in [3.05, 3.63) is 36.2 Å². The fourth-order valence-electron chi connectivity index (χ4n) is 1.65. The second-order valence-electron chi connectivity index (χ2n) is 3.54. The van der Waals surface area contributed by atoms with E-state index in [1.54, 1.807) is 0 Å². The molecule has 68 valence electrons. The first-order valence-electron chi connectivity index (χ1n) is 4.68. The molecule has 13 heavy (non-hydrogen) atoms. The summed E-state index contributed by atoms with van der Waals surface area (Å²) in [6.45, 7) is 4.28. The first kappa shape index (κ1) is 8.45. The van der Waals surface area contributed by atoms with Crippen molar-refractivity contribution in [2.45, 2.75) is 6.92 Å². The minimum absolute atomic E-state index is 0.629. The first-order valence-corrected chi connectivity index (χ1v) is 4.68. The summed E-state index contributed by atoms with van der Waals surface area (Å²) in [4.78, 5) is 4.12. The summed E-state index contributed by atoms with van der Waals surface area (Å²) < 4.78 is 0. The fourth-order valence-corrected chi connectivity index (χ4v) is 1.65. The molecule has 1 unspecified atom stereocenters. The quantitative estimate of drug-likeness (QED) is 0.701. The maximum Gasteiger partial charge on any atom is 0.0343 e. The molecular weight excluding hydrogens is 160 g/mol. The van der Waals surface area contributed by atoms with E-state index in [0.717, 1.165) is 13.1 Å². The Morgan fingerprint density at radius 1 is 1.54 bits per heavy atom. The molecule has 2 heteroatoms. The van der Waals surface area contributed by atoms with Gasteiger partial charge in [-0.15, -0.1) is 0 Å². The summed E-state index contributed by atoms with van der Waals surface area (Å²) in [6, 6.07) is 4.09. The topological polar surface area (TPSA) is 24.9 Å². The SMILES string of the molecule is CC1C=C(c2cccnc2)CNC1. The lowest BCUT2D eigenvalue weighted by Gasteiger charge is -2.19. The lowest BCUT2D eigenvalue weighted by molar-refractivity contribution is 0.607. The molecule has 0 spiro atoms. The predicted molar refractivity (Wildman–Crippen MR) is 54.2 cm³/mol. The Morgan fingerprint density at radius 3 is 3.15 bits per heavy atom. The van der Waals surface area contributed by atoms with Gasteiger partial charge in [-0.2, -0.15) is 0 Å². The van der Waals surface area contributed by atoms with Crippen LogP contribution in [0.3, 0.4) is 0 Å². The van der Waals surface area contributed by atoms with Gasteiger partial charge in [0.15, 0.2) is 0 Å². The van der Waals surface area contributed by atoms with Crippen LogP contribution in [-0.2, 0) is 0 Å². The average Bonchev–Trinajstić information content (AvgIpc) is 2.19. The van der Waals surface area contributed by atoms with Gasteiger partial charge in [-0.25, -0.2) is 0 Å². The highest BCUT2D eigenvalue weighted by Gasteiger charge is 2.09. The summed E-state index contributed by atoms with van der Waals surface area (Å²) >= 11 is 0. The van der Waals surface area contributed by atoms with Gasteiger partial charge in [0, 0.05) is 25.5 Å². The van der Waals surface area contributed by atoms with Gasteiger partial charge in [0.2, 0.25) is 0 Å².